The van der Waals surface area contributed by atoms with Gasteiger partial charge in [0.25, 0.3) is 0 Å². The quantitative estimate of drug-likeness (QED) is 0.603. The second-order valence-electron chi connectivity index (χ2n) is 7.19. The molecule has 0 spiro atoms. The maximum Gasteiger partial charge on any atom is 0.196 e. The van der Waals surface area contributed by atoms with Gasteiger partial charge in [0.2, 0.25) is 0 Å². The van der Waals surface area contributed by atoms with Crippen LogP contribution < -0.4 is 9.47 Å². The standard InChI is InChI=1S/C17H30O4Si/c1-13(18)12-16(21-22(6,7)17(2,3)4)20-15-10-8-14(19-5)9-11-15/h8-11,13,16,18H,12H2,1-7H3/t13-,16?/m0/s1. The summed E-state index contributed by atoms with van der Waals surface area (Å²) in [5.74, 6) is 1.50. The van der Waals surface area contributed by atoms with Crippen molar-refractivity contribution < 1.29 is 19.0 Å². The third kappa shape index (κ3) is 5.63. The van der Waals surface area contributed by atoms with Crippen LogP contribution >= 0.6 is 0 Å². The van der Waals surface area contributed by atoms with E-state index in [4.69, 9.17) is 13.9 Å². The van der Waals surface area contributed by atoms with Crippen LogP contribution in [0.5, 0.6) is 11.5 Å². The molecular weight excluding hydrogens is 296 g/mol. The van der Waals surface area contributed by atoms with Gasteiger partial charge < -0.3 is 19.0 Å². The van der Waals surface area contributed by atoms with E-state index in [1.807, 2.05) is 24.3 Å². The predicted molar refractivity (Wildman–Crippen MR) is 92.0 cm³/mol. The molecule has 1 aromatic rings. The maximum absolute atomic E-state index is 9.72. The van der Waals surface area contributed by atoms with Gasteiger partial charge in [-0.2, -0.15) is 0 Å². The zero-order valence-corrected chi connectivity index (χ0v) is 15.8. The number of methoxy groups -OCH3 is 1. The third-order valence-electron chi connectivity index (χ3n) is 4.09. The number of hydrogen-bond acceptors (Lipinski definition) is 4. The molecule has 1 unspecified atom stereocenters. The molecule has 126 valence electrons. The van der Waals surface area contributed by atoms with Gasteiger partial charge in [0, 0.05) is 6.42 Å². The second-order valence-corrected chi connectivity index (χ2v) is 11.9. The van der Waals surface area contributed by atoms with Crippen LogP contribution in [0, 0.1) is 0 Å². The Bertz CT molecular complexity index is 449. The van der Waals surface area contributed by atoms with E-state index in [1.54, 1.807) is 14.0 Å². The van der Waals surface area contributed by atoms with Crippen molar-refractivity contribution in [1.29, 1.82) is 0 Å². The van der Waals surface area contributed by atoms with Crippen LogP contribution in [0.2, 0.25) is 18.1 Å². The zero-order valence-electron chi connectivity index (χ0n) is 14.8. The smallest absolute Gasteiger partial charge is 0.196 e. The predicted octanol–water partition coefficient (Wildman–Crippen LogP) is 4.19. The van der Waals surface area contributed by atoms with Crippen LogP contribution in [-0.4, -0.2) is 32.9 Å². The lowest BCUT2D eigenvalue weighted by Gasteiger charge is -2.39. The van der Waals surface area contributed by atoms with Gasteiger partial charge in [-0.3, -0.25) is 0 Å². The SMILES string of the molecule is COc1ccc(OC(C[C@H](C)O)O[Si](C)(C)C(C)(C)C)cc1. The number of aliphatic hydroxyl groups is 1. The summed E-state index contributed by atoms with van der Waals surface area (Å²) in [6, 6.07) is 7.40. The fourth-order valence-corrected chi connectivity index (χ4v) is 2.87. The molecule has 22 heavy (non-hydrogen) atoms. The topological polar surface area (TPSA) is 47.9 Å². The van der Waals surface area contributed by atoms with Gasteiger partial charge in [0.1, 0.15) is 11.5 Å². The molecule has 0 aliphatic heterocycles. The van der Waals surface area contributed by atoms with Crippen molar-refractivity contribution in [3.63, 3.8) is 0 Å². The van der Waals surface area contributed by atoms with Gasteiger partial charge in [-0.05, 0) is 49.3 Å². The average molecular weight is 327 g/mol. The van der Waals surface area contributed by atoms with E-state index in [9.17, 15) is 5.11 Å². The first-order valence-corrected chi connectivity index (χ1v) is 10.6. The Balaban J connectivity index is 2.84. The molecule has 0 fully saturated rings. The lowest BCUT2D eigenvalue weighted by molar-refractivity contribution is -0.0369. The fourth-order valence-electron chi connectivity index (χ4n) is 1.71. The molecular formula is C17H30O4Si. The molecule has 2 atom stereocenters. The summed E-state index contributed by atoms with van der Waals surface area (Å²) >= 11 is 0. The van der Waals surface area contributed by atoms with Crippen molar-refractivity contribution in [2.75, 3.05) is 7.11 Å². The normalized spacial score (nSPS) is 15.3. The minimum atomic E-state index is -1.97. The van der Waals surface area contributed by atoms with Gasteiger partial charge >= 0.3 is 0 Å². The number of aliphatic hydroxyl groups excluding tert-OH is 1. The van der Waals surface area contributed by atoms with Crippen LogP contribution in [0.15, 0.2) is 24.3 Å². The maximum atomic E-state index is 9.72. The van der Waals surface area contributed by atoms with Crippen LogP contribution in [0.25, 0.3) is 0 Å². The van der Waals surface area contributed by atoms with Crippen LogP contribution in [0.4, 0.5) is 0 Å². The van der Waals surface area contributed by atoms with Crippen LogP contribution in [-0.2, 0) is 4.43 Å². The largest absolute Gasteiger partial charge is 0.497 e. The van der Waals surface area contributed by atoms with E-state index in [2.05, 4.69) is 33.9 Å². The molecule has 0 saturated heterocycles. The van der Waals surface area contributed by atoms with E-state index in [0.717, 1.165) is 5.75 Å². The lowest BCUT2D eigenvalue weighted by atomic mass is 10.2. The number of benzene rings is 1. The average Bonchev–Trinajstić information content (AvgIpc) is 2.37. The van der Waals surface area contributed by atoms with Crippen molar-refractivity contribution in [1.82, 2.24) is 0 Å². The lowest BCUT2D eigenvalue weighted by Crippen LogP contribution is -2.46. The highest BCUT2D eigenvalue weighted by molar-refractivity contribution is 6.74. The van der Waals surface area contributed by atoms with Crippen LogP contribution in [0.3, 0.4) is 0 Å². The first-order valence-electron chi connectivity index (χ1n) is 7.72. The highest BCUT2D eigenvalue weighted by Gasteiger charge is 2.40. The molecule has 4 nitrogen and oxygen atoms in total. The Hall–Kier alpha value is -1.04. The van der Waals surface area contributed by atoms with Gasteiger partial charge in [0.15, 0.2) is 14.6 Å². The third-order valence-corrected chi connectivity index (χ3v) is 8.56. The Morgan fingerprint density at radius 3 is 2.00 bits per heavy atom. The summed E-state index contributed by atoms with van der Waals surface area (Å²) in [6.07, 6.45) is -0.485. The molecule has 5 heteroatoms. The summed E-state index contributed by atoms with van der Waals surface area (Å²) in [5, 5.41) is 9.81. The molecule has 0 radical (unpaired) electrons. The number of hydrogen-bond donors (Lipinski definition) is 1. The number of ether oxygens (including phenoxy) is 2. The van der Waals surface area contributed by atoms with Gasteiger partial charge in [-0.25, -0.2) is 0 Å². The van der Waals surface area contributed by atoms with E-state index < -0.39 is 20.7 Å². The number of rotatable bonds is 7. The summed E-state index contributed by atoms with van der Waals surface area (Å²) in [7, 11) is -0.336. The minimum absolute atomic E-state index is 0.0905. The summed E-state index contributed by atoms with van der Waals surface area (Å²) in [5.41, 5.74) is 0. The van der Waals surface area contributed by atoms with Gasteiger partial charge in [-0.1, -0.05) is 20.8 Å². The summed E-state index contributed by atoms with van der Waals surface area (Å²) in [6.45, 7) is 12.7. The Labute approximate surface area is 135 Å². The van der Waals surface area contributed by atoms with Crippen molar-refractivity contribution in [3.05, 3.63) is 24.3 Å². The molecule has 1 N–H and O–H groups in total. The Kier molecular flexibility index (Phi) is 6.46. The van der Waals surface area contributed by atoms with E-state index >= 15 is 0 Å². The Morgan fingerprint density at radius 1 is 1.09 bits per heavy atom. The molecule has 0 heterocycles. The summed E-state index contributed by atoms with van der Waals surface area (Å²) < 4.78 is 17.4. The van der Waals surface area contributed by atoms with E-state index in [1.165, 1.54) is 0 Å². The van der Waals surface area contributed by atoms with Gasteiger partial charge in [-0.15, -0.1) is 0 Å². The van der Waals surface area contributed by atoms with Crippen molar-refractivity contribution in [2.24, 2.45) is 0 Å². The molecule has 0 amide bonds. The molecule has 0 aromatic heterocycles. The molecule has 0 saturated carbocycles. The molecule has 0 aliphatic carbocycles. The van der Waals surface area contributed by atoms with Crippen molar-refractivity contribution in [3.8, 4) is 11.5 Å². The first kappa shape index (κ1) is 19.0. The Morgan fingerprint density at radius 2 is 1.59 bits per heavy atom. The first-order chi connectivity index (χ1) is 10.0. The van der Waals surface area contributed by atoms with Crippen molar-refractivity contribution in [2.45, 2.75) is 64.6 Å². The fraction of sp³-hybridized carbons (Fsp3) is 0.647. The van der Waals surface area contributed by atoms with Crippen LogP contribution in [0.1, 0.15) is 34.1 Å². The zero-order chi connectivity index (χ0) is 17.0. The highest BCUT2D eigenvalue weighted by Crippen LogP contribution is 2.38. The highest BCUT2D eigenvalue weighted by atomic mass is 28.4. The van der Waals surface area contributed by atoms with Crippen molar-refractivity contribution >= 4 is 8.32 Å². The molecule has 1 aromatic carbocycles. The minimum Gasteiger partial charge on any atom is -0.497 e. The molecule has 1 rings (SSSR count). The molecule has 0 bridgehead atoms. The monoisotopic (exact) mass is 326 g/mol. The summed E-state index contributed by atoms with van der Waals surface area (Å²) in [4.78, 5) is 0. The van der Waals surface area contributed by atoms with Gasteiger partial charge in [0.05, 0.1) is 13.2 Å². The van der Waals surface area contributed by atoms with E-state index in [-0.39, 0.29) is 5.04 Å². The van der Waals surface area contributed by atoms with E-state index in [0.29, 0.717) is 12.2 Å². The second kappa shape index (κ2) is 7.48. The molecule has 0 aliphatic rings.